The van der Waals surface area contributed by atoms with Gasteiger partial charge in [-0.3, -0.25) is 14.9 Å². The number of benzene rings is 2. The van der Waals surface area contributed by atoms with E-state index in [0.29, 0.717) is 37.6 Å². The van der Waals surface area contributed by atoms with Gasteiger partial charge in [-0.2, -0.15) is 0 Å². The van der Waals surface area contributed by atoms with Gasteiger partial charge in [0.25, 0.3) is 0 Å². The molecule has 2 aliphatic heterocycles. The summed E-state index contributed by atoms with van der Waals surface area (Å²) < 4.78 is 11.9. The second kappa shape index (κ2) is 9.72. The third-order valence-corrected chi connectivity index (χ3v) is 6.35. The van der Waals surface area contributed by atoms with Gasteiger partial charge < -0.3 is 19.9 Å². The number of hydrogen-bond acceptors (Lipinski definition) is 6. The summed E-state index contributed by atoms with van der Waals surface area (Å²) in [4.78, 5) is 35.3. The molecule has 0 aromatic heterocycles. The average molecular weight is 453 g/mol. The Balaban J connectivity index is 1.46. The summed E-state index contributed by atoms with van der Waals surface area (Å²) >= 11 is 0. The number of hydrogen-bond donors (Lipinski definition) is 3. The Labute approximate surface area is 192 Å². The highest BCUT2D eigenvalue weighted by Crippen LogP contribution is 2.44. The number of imide groups is 1. The molecule has 0 saturated carbocycles. The first-order valence-corrected chi connectivity index (χ1v) is 11.1. The van der Waals surface area contributed by atoms with E-state index >= 15 is 0 Å². The zero-order valence-corrected chi connectivity index (χ0v) is 18.6. The Morgan fingerprint density at radius 3 is 2.76 bits per heavy atom. The molecule has 2 aromatic carbocycles. The lowest BCUT2D eigenvalue weighted by atomic mass is 9.80. The number of ether oxygens (including phenoxy) is 2. The number of carboxylic acid groups (broad SMARTS) is 1. The first-order valence-electron chi connectivity index (χ1n) is 11.1. The van der Waals surface area contributed by atoms with Crippen molar-refractivity contribution in [3.63, 3.8) is 0 Å². The van der Waals surface area contributed by atoms with Gasteiger partial charge in [0.05, 0.1) is 24.8 Å². The molecule has 0 bridgehead atoms. The molecule has 33 heavy (non-hydrogen) atoms. The molecule has 2 aromatic rings. The van der Waals surface area contributed by atoms with Crippen molar-refractivity contribution in [3.8, 4) is 5.75 Å². The predicted octanol–water partition coefficient (Wildman–Crippen LogP) is 2.54. The van der Waals surface area contributed by atoms with Crippen LogP contribution in [0.2, 0.25) is 0 Å². The van der Waals surface area contributed by atoms with Crippen LogP contribution in [0.3, 0.4) is 0 Å². The standard InChI is InChI=1S/C25H28N2O6/c1-25(11-12-32-14-16-5-3-2-4-6-16)15-33-22-18(17(24(30)31)7-8-19(22)25)13-26-20-9-10-21(28)27-23(20)29/h2-8,20,26H,9-15H2,1H3,(H,30,31)(H,27,28,29). The van der Waals surface area contributed by atoms with Gasteiger partial charge >= 0.3 is 5.97 Å². The fraction of sp³-hybridized carbons (Fsp3) is 0.400. The van der Waals surface area contributed by atoms with Crippen LogP contribution in [0, 0.1) is 0 Å². The Bertz CT molecular complexity index is 1050. The molecule has 2 unspecified atom stereocenters. The number of amides is 2. The summed E-state index contributed by atoms with van der Waals surface area (Å²) in [5.41, 5.74) is 2.39. The third kappa shape index (κ3) is 5.07. The summed E-state index contributed by atoms with van der Waals surface area (Å²) in [5.74, 6) is -1.18. The summed E-state index contributed by atoms with van der Waals surface area (Å²) in [6, 6.07) is 12.8. The van der Waals surface area contributed by atoms with Gasteiger partial charge in [-0.05, 0) is 24.5 Å². The van der Waals surface area contributed by atoms with Crippen LogP contribution in [0.15, 0.2) is 42.5 Å². The van der Waals surface area contributed by atoms with Crippen molar-refractivity contribution in [2.24, 2.45) is 0 Å². The van der Waals surface area contributed by atoms with Crippen molar-refractivity contribution in [2.45, 2.75) is 50.8 Å². The van der Waals surface area contributed by atoms with Crippen molar-refractivity contribution in [3.05, 3.63) is 64.7 Å². The second-order valence-electron chi connectivity index (χ2n) is 8.80. The van der Waals surface area contributed by atoms with Crippen molar-refractivity contribution in [2.75, 3.05) is 13.2 Å². The average Bonchev–Trinajstić information content (AvgIpc) is 3.14. The first-order chi connectivity index (χ1) is 15.9. The highest BCUT2D eigenvalue weighted by molar-refractivity contribution is 6.00. The Morgan fingerprint density at radius 1 is 1.24 bits per heavy atom. The number of fused-ring (bicyclic) bond motifs is 1. The van der Waals surface area contributed by atoms with Crippen LogP contribution in [0.25, 0.3) is 0 Å². The molecule has 0 aliphatic carbocycles. The van der Waals surface area contributed by atoms with Crippen LogP contribution in [-0.4, -0.2) is 42.1 Å². The van der Waals surface area contributed by atoms with Gasteiger partial charge in [0, 0.05) is 36.1 Å². The molecular formula is C25H28N2O6. The van der Waals surface area contributed by atoms with Crippen LogP contribution in [0.4, 0.5) is 0 Å². The Morgan fingerprint density at radius 2 is 2.03 bits per heavy atom. The topological polar surface area (TPSA) is 114 Å². The lowest BCUT2D eigenvalue weighted by Gasteiger charge is -2.24. The maximum atomic E-state index is 12.1. The number of rotatable bonds is 9. The van der Waals surface area contributed by atoms with E-state index < -0.39 is 17.9 Å². The van der Waals surface area contributed by atoms with Gasteiger partial charge in [-0.15, -0.1) is 0 Å². The Hall–Kier alpha value is -3.23. The van der Waals surface area contributed by atoms with Crippen LogP contribution in [-0.2, 0) is 32.9 Å². The summed E-state index contributed by atoms with van der Waals surface area (Å²) in [6.45, 7) is 3.73. The largest absolute Gasteiger partial charge is 0.492 e. The number of carbonyl (C=O) groups is 3. The number of nitrogens with one attached hydrogen (secondary N) is 2. The quantitative estimate of drug-likeness (QED) is 0.396. The molecule has 1 fully saturated rings. The predicted molar refractivity (Wildman–Crippen MR) is 120 cm³/mol. The van der Waals surface area contributed by atoms with E-state index in [-0.39, 0.29) is 29.9 Å². The third-order valence-electron chi connectivity index (χ3n) is 6.35. The molecule has 0 radical (unpaired) electrons. The van der Waals surface area contributed by atoms with E-state index in [9.17, 15) is 19.5 Å². The summed E-state index contributed by atoms with van der Waals surface area (Å²) in [7, 11) is 0. The molecule has 0 spiro atoms. The Kier molecular flexibility index (Phi) is 6.76. The van der Waals surface area contributed by atoms with Crippen LogP contribution < -0.4 is 15.4 Å². The molecule has 3 N–H and O–H groups in total. The van der Waals surface area contributed by atoms with E-state index in [4.69, 9.17) is 9.47 Å². The van der Waals surface area contributed by atoms with Crippen LogP contribution in [0.5, 0.6) is 5.75 Å². The minimum absolute atomic E-state index is 0.137. The number of carboxylic acids is 1. The molecule has 2 amide bonds. The molecule has 2 aliphatic rings. The number of aromatic carboxylic acids is 1. The van der Waals surface area contributed by atoms with Gasteiger partial charge in [0.15, 0.2) is 0 Å². The molecule has 1 saturated heterocycles. The van der Waals surface area contributed by atoms with Crippen molar-refractivity contribution >= 4 is 17.8 Å². The molecular weight excluding hydrogens is 424 g/mol. The van der Waals surface area contributed by atoms with Gasteiger partial charge in [-0.25, -0.2) is 4.79 Å². The van der Waals surface area contributed by atoms with E-state index in [1.807, 2.05) is 36.4 Å². The monoisotopic (exact) mass is 452 g/mol. The lowest BCUT2D eigenvalue weighted by Crippen LogP contribution is -2.50. The molecule has 174 valence electrons. The van der Waals surface area contributed by atoms with E-state index in [2.05, 4.69) is 17.6 Å². The molecule has 2 heterocycles. The molecule has 8 nitrogen and oxygen atoms in total. The van der Waals surface area contributed by atoms with E-state index in [1.54, 1.807) is 6.07 Å². The number of carbonyl (C=O) groups excluding carboxylic acids is 2. The normalized spacial score (nSPS) is 21.9. The molecule has 8 heteroatoms. The van der Waals surface area contributed by atoms with E-state index in [0.717, 1.165) is 17.5 Å². The summed E-state index contributed by atoms with van der Waals surface area (Å²) in [5, 5.41) is 15.1. The fourth-order valence-corrected chi connectivity index (χ4v) is 4.34. The minimum Gasteiger partial charge on any atom is -0.492 e. The minimum atomic E-state index is -1.05. The maximum Gasteiger partial charge on any atom is 0.336 e. The fourth-order valence-electron chi connectivity index (χ4n) is 4.34. The zero-order chi connectivity index (χ0) is 23.4. The SMILES string of the molecule is CC1(CCOCc2ccccc2)COc2c1ccc(C(=O)O)c2CNC1CCC(=O)NC1=O. The van der Waals surface area contributed by atoms with Crippen LogP contribution >= 0.6 is 0 Å². The number of piperidine rings is 1. The van der Waals surface area contributed by atoms with Gasteiger partial charge in [-0.1, -0.05) is 43.3 Å². The van der Waals surface area contributed by atoms with Crippen LogP contribution in [0.1, 0.15) is 53.2 Å². The zero-order valence-electron chi connectivity index (χ0n) is 18.6. The molecule has 4 rings (SSSR count). The van der Waals surface area contributed by atoms with Gasteiger partial charge in [0.1, 0.15) is 5.75 Å². The highest BCUT2D eigenvalue weighted by atomic mass is 16.5. The van der Waals surface area contributed by atoms with Crippen molar-refractivity contribution in [1.82, 2.24) is 10.6 Å². The van der Waals surface area contributed by atoms with E-state index in [1.165, 1.54) is 0 Å². The highest BCUT2D eigenvalue weighted by Gasteiger charge is 2.39. The van der Waals surface area contributed by atoms with Crippen molar-refractivity contribution in [1.29, 1.82) is 0 Å². The second-order valence-corrected chi connectivity index (χ2v) is 8.80. The van der Waals surface area contributed by atoms with Crippen molar-refractivity contribution < 1.29 is 29.0 Å². The maximum absolute atomic E-state index is 12.1. The van der Waals surface area contributed by atoms with Gasteiger partial charge in [0.2, 0.25) is 11.8 Å². The smallest absolute Gasteiger partial charge is 0.336 e. The lowest BCUT2D eigenvalue weighted by molar-refractivity contribution is -0.134. The molecule has 2 atom stereocenters. The first kappa shape index (κ1) is 22.9. The summed E-state index contributed by atoms with van der Waals surface area (Å²) in [6.07, 6.45) is 1.35.